The summed E-state index contributed by atoms with van der Waals surface area (Å²) in [5, 5.41) is 9.37. The van der Waals surface area contributed by atoms with Crippen LogP contribution in [0.2, 0.25) is 0 Å². The van der Waals surface area contributed by atoms with Crippen LogP contribution in [0.3, 0.4) is 0 Å². The lowest BCUT2D eigenvalue weighted by Crippen LogP contribution is -2.19. The maximum absolute atomic E-state index is 11.4. The summed E-state index contributed by atoms with van der Waals surface area (Å²) in [5.74, 6) is 1.95. The van der Waals surface area contributed by atoms with E-state index in [2.05, 4.69) is 26.0 Å². The van der Waals surface area contributed by atoms with Gasteiger partial charge in [-0.25, -0.2) is 0 Å². The van der Waals surface area contributed by atoms with Crippen molar-refractivity contribution in [1.82, 2.24) is 0 Å². The third-order valence-corrected chi connectivity index (χ3v) is 5.88. The first-order valence-electron chi connectivity index (χ1n) is 11.3. The number of rotatable bonds is 16. The summed E-state index contributed by atoms with van der Waals surface area (Å²) in [6, 6.07) is 6.20. The van der Waals surface area contributed by atoms with Crippen molar-refractivity contribution in [1.29, 1.82) is 0 Å². The van der Waals surface area contributed by atoms with E-state index in [0.29, 0.717) is 25.0 Å². The molecule has 0 aromatic heterocycles. The maximum Gasteiger partial charge on any atom is 0.306 e. The number of carboxylic acids is 1. The number of benzene rings is 1. The molecule has 0 aliphatic heterocycles. The van der Waals surface area contributed by atoms with Gasteiger partial charge in [-0.2, -0.15) is 0 Å². The molecule has 0 heterocycles. The number of hydrogen-bond acceptors (Lipinski definition) is 4. The Kier molecular flexibility index (Phi) is 12.5. The zero-order valence-corrected chi connectivity index (χ0v) is 19.8. The lowest BCUT2D eigenvalue weighted by atomic mass is 9.84. The quantitative estimate of drug-likeness (QED) is 0.339. The zero-order chi connectivity index (χ0) is 22.5. The van der Waals surface area contributed by atoms with Crippen molar-refractivity contribution in [3.63, 3.8) is 0 Å². The molecule has 0 amide bonds. The molecule has 2 atom stereocenters. The predicted octanol–water partition coefficient (Wildman–Crippen LogP) is 5.84. The Morgan fingerprint density at radius 3 is 2.20 bits per heavy atom. The fraction of sp³-hybridized carbons (Fsp3) is 0.720. The first kappa shape index (κ1) is 26.3. The molecule has 1 N–H and O–H groups in total. The van der Waals surface area contributed by atoms with Gasteiger partial charge in [0.2, 0.25) is 0 Å². The Morgan fingerprint density at radius 2 is 1.63 bits per heavy atom. The van der Waals surface area contributed by atoms with Gasteiger partial charge in [0.25, 0.3) is 0 Å². The van der Waals surface area contributed by atoms with Gasteiger partial charge in [-0.1, -0.05) is 46.6 Å². The maximum atomic E-state index is 11.4. The third kappa shape index (κ3) is 9.38. The van der Waals surface area contributed by atoms with Crippen molar-refractivity contribution in [2.45, 2.75) is 66.2 Å². The molecule has 30 heavy (non-hydrogen) atoms. The smallest absolute Gasteiger partial charge is 0.306 e. The summed E-state index contributed by atoms with van der Waals surface area (Å²) in [6.45, 7) is 9.80. The minimum absolute atomic E-state index is 0.185. The average Bonchev–Trinajstić information content (AvgIpc) is 2.69. The van der Waals surface area contributed by atoms with Crippen LogP contribution in [0.15, 0.2) is 18.2 Å². The van der Waals surface area contributed by atoms with Crippen molar-refractivity contribution in [2.75, 3.05) is 27.4 Å². The molecule has 0 radical (unpaired) electrons. The van der Waals surface area contributed by atoms with Crippen LogP contribution in [-0.2, 0) is 16.0 Å². The first-order valence-corrected chi connectivity index (χ1v) is 11.3. The van der Waals surface area contributed by atoms with Gasteiger partial charge < -0.3 is 19.3 Å². The molecular formula is C25H42O5. The first-order chi connectivity index (χ1) is 14.3. The van der Waals surface area contributed by atoms with Crippen molar-refractivity contribution >= 4 is 5.97 Å². The molecule has 1 aromatic rings. The van der Waals surface area contributed by atoms with E-state index in [1.807, 2.05) is 19.9 Å². The van der Waals surface area contributed by atoms with Gasteiger partial charge in [0, 0.05) is 20.1 Å². The highest BCUT2D eigenvalue weighted by atomic mass is 16.5. The molecule has 172 valence electrons. The van der Waals surface area contributed by atoms with Crippen LogP contribution in [-0.4, -0.2) is 38.5 Å². The Bertz CT molecular complexity index is 612. The highest BCUT2D eigenvalue weighted by molar-refractivity contribution is 5.70. The van der Waals surface area contributed by atoms with Crippen LogP contribution in [0, 0.1) is 23.7 Å². The standard InChI is InChI=1S/C25H42O5/c1-18(2)21(10-7-8-11-22(19(3)4)25(26)27)16-20-12-13-23(29-6)24(17-20)30-15-9-14-28-5/h12-13,17-19,21-22H,7-11,14-16H2,1-6H3,(H,26,27). The van der Waals surface area contributed by atoms with Crippen molar-refractivity contribution in [3.05, 3.63) is 23.8 Å². The van der Waals surface area contributed by atoms with E-state index >= 15 is 0 Å². The Morgan fingerprint density at radius 1 is 0.933 bits per heavy atom. The SMILES string of the molecule is COCCCOc1cc(CC(CCCCC(C(=O)O)C(C)C)C(C)C)ccc1OC. The summed E-state index contributed by atoms with van der Waals surface area (Å²) in [5.41, 5.74) is 1.25. The van der Waals surface area contributed by atoms with E-state index < -0.39 is 5.97 Å². The average molecular weight is 423 g/mol. The second-order valence-corrected chi connectivity index (χ2v) is 8.86. The van der Waals surface area contributed by atoms with Crippen LogP contribution in [0.4, 0.5) is 0 Å². The lowest BCUT2D eigenvalue weighted by Gasteiger charge is -2.22. The van der Waals surface area contributed by atoms with E-state index in [1.54, 1.807) is 14.2 Å². The van der Waals surface area contributed by atoms with Gasteiger partial charge in [-0.15, -0.1) is 0 Å². The van der Waals surface area contributed by atoms with Crippen LogP contribution in [0.1, 0.15) is 65.4 Å². The van der Waals surface area contributed by atoms with Gasteiger partial charge in [0.05, 0.1) is 19.6 Å². The molecule has 0 spiro atoms. The highest BCUT2D eigenvalue weighted by Gasteiger charge is 2.21. The Hall–Kier alpha value is -1.75. The van der Waals surface area contributed by atoms with E-state index in [4.69, 9.17) is 14.2 Å². The van der Waals surface area contributed by atoms with Crippen LogP contribution in [0.25, 0.3) is 0 Å². The number of methoxy groups -OCH3 is 2. The van der Waals surface area contributed by atoms with Crippen molar-refractivity contribution in [2.24, 2.45) is 23.7 Å². The highest BCUT2D eigenvalue weighted by Crippen LogP contribution is 2.31. The molecule has 5 nitrogen and oxygen atoms in total. The fourth-order valence-corrected chi connectivity index (χ4v) is 3.83. The second-order valence-electron chi connectivity index (χ2n) is 8.86. The normalized spacial score (nSPS) is 13.5. The van der Waals surface area contributed by atoms with Crippen molar-refractivity contribution in [3.8, 4) is 11.5 Å². The number of ether oxygens (including phenoxy) is 3. The molecule has 1 aromatic carbocycles. The van der Waals surface area contributed by atoms with E-state index in [-0.39, 0.29) is 11.8 Å². The van der Waals surface area contributed by atoms with Crippen LogP contribution < -0.4 is 9.47 Å². The van der Waals surface area contributed by atoms with Gasteiger partial charge >= 0.3 is 5.97 Å². The van der Waals surface area contributed by atoms with E-state index in [1.165, 1.54) is 5.56 Å². The largest absolute Gasteiger partial charge is 0.493 e. The Balaban J connectivity index is 2.66. The number of unbranched alkanes of at least 4 members (excludes halogenated alkanes) is 1. The third-order valence-electron chi connectivity index (χ3n) is 5.88. The van der Waals surface area contributed by atoms with E-state index in [0.717, 1.165) is 50.0 Å². The molecular weight excluding hydrogens is 380 g/mol. The summed E-state index contributed by atoms with van der Waals surface area (Å²) >= 11 is 0. The lowest BCUT2D eigenvalue weighted by molar-refractivity contribution is -0.143. The molecule has 5 heteroatoms. The summed E-state index contributed by atoms with van der Waals surface area (Å²) in [4.78, 5) is 11.4. The number of carbonyl (C=O) groups is 1. The molecule has 1 rings (SSSR count). The molecule has 0 aliphatic rings. The topological polar surface area (TPSA) is 65.0 Å². The number of aliphatic carboxylic acids is 1. The zero-order valence-electron chi connectivity index (χ0n) is 19.8. The minimum Gasteiger partial charge on any atom is -0.493 e. The molecule has 0 saturated carbocycles. The Labute approximate surface area is 183 Å². The van der Waals surface area contributed by atoms with Crippen LogP contribution >= 0.6 is 0 Å². The monoisotopic (exact) mass is 422 g/mol. The molecule has 0 fully saturated rings. The number of carboxylic acid groups (broad SMARTS) is 1. The van der Waals surface area contributed by atoms with Crippen LogP contribution in [0.5, 0.6) is 11.5 Å². The molecule has 0 bridgehead atoms. The van der Waals surface area contributed by atoms with Gasteiger partial charge in [0.15, 0.2) is 11.5 Å². The molecule has 0 aliphatic carbocycles. The van der Waals surface area contributed by atoms with Gasteiger partial charge in [-0.05, 0) is 54.7 Å². The summed E-state index contributed by atoms with van der Waals surface area (Å²) in [7, 11) is 3.35. The minimum atomic E-state index is -0.665. The van der Waals surface area contributed by atoms with Gasteiger partial charge in [-0.3, -0.25) is 4.79 Å². The summed E-state index contributed by atoms with van der Waals surface area (Å²) in [6.07, 6.45) is 5.73. The van der Waals surface area contributed by atoms with Gasteiger partial charge in [0.1, 0.15) is 0 Å². The predicted molar refractivity (Wildman–Crippen MR) is 121 cm³/mol. The van der Waals surface area contributed by atoms with Crippen molar-refractivity contribution < 1.29 is 24.1 Å². The van der Waals surface area contributed by atoms with E-state index in [9.17, 15) is 9.90 Å². The molecule has 2 unspecified atom stereocenters. The molecule has 0 saturated heterocycles. The second kappa shape index (κ2) is 14.3. The number of hydrogen-bond donors (Lipinski definition) is 1. The fourth-order valence-electron chi connectivity index (χ4n) is 3.83. The summed E-state index contributed by atoms with van der Waals surface area (Å²) < 4.78 is 16.5.